The Kier molecular flexibility index (Phi) is 8.34. The van der Waals surface area contributed by atoms with Crippen molar-refractivity contribution in [2.45, 2.75) is 76.1 Å². The zero-order valence-electron chi connectivity index (χ0n) is 20.9. The number of nitrogens with zero attached hydrogens (tertiary/aromatic N) is 2. The number of piperidine rings is 1. The van der Waals surface area contributed by atoms with E-state index in [1.165, 1.54) is 32.2 Å². The number of nitrogens with one attached hydrogen (secondary N) is 2. The number of carbonyl (C=O) groups is 2. The minimum Gasteiger partial charge on any atom is -0.478 e. The van der Waals surface area contributed by atoms with Crippen LogP contribution in [0.4, 0.5) is 23.4 Å². The molecule has 3 heterocycles. The highest BCUT2D eigenvalue weighted by molar-refractivity contribution is 6.30. The third-order valence-corrected chi connectivity index (χ3v) is 7.11. The van der Waals surface area contributed by atoms with Crippen LogP contribution in [0.3, 0.4) is 0 Å². The van der Waals surface area contributed by atoms with Crippen molar-refractivity contribution in [1.82, 2.24) is 15.6 Å². The van der Waals surface area contributed by atoms with E-state index in [9.17, 15) is 27.2 Å². The second kappa shape index (κ2) is 11.3. The summed E-state index contributed by atoms with van der Waals surface area (Å²) < 4.78 is 57.3. The number of hydrogen-bond donors (Lipinski definition) is 2. The molecule has 7 nitrogen and oxygen atoms in total. The number of rotatable bonds is 9. The van der Waals surface area contributed by atoms with Crippen LogP contribution in [0.15, 0.2) is 36.5 Å². The van der Waals surface area contributed by atoms with Crippen molar-refractivity contribution in [1.29, 1.82) is 0 Å². The van der Waals surface area contributed by atoms with Gasteiger partial charge in [0.1, 0.15) is 11.6 Å². The number of ether oxygens (including phenoxy) is 1. The van der Waals surface area contributed by atoms with E-state index in [1.807, 2.05) is 0 Å². The van der Waals surface area contributed by atoms with Crippen molar-refractivity contribution >= 4 is 29.2 Å². The molecule has 12 heteroatoms. The molecule has 1 aromatic carbocycles. The third kappa shape index (κ3) is 6.31. The van der Waals surface area contributed by atoms with E-state index in [4.69, 9.17) is 16.3 Å². The summed E-state index contributed by atoms with van der Waals surface area (Å²) in [6.07, 6.45) is -0.964. The standard InChI is InChI=1S/C26H29ClF4N4O3/c1-26(2,38-20-7-4-15(27)9-19(20)23(30)31)25(37)34-16-10-17-5-6-18(11-16)35(17)22-8-3-14(12-32-22)24(36)33-13-21(28)29/h3-4,7-9,12,16-18,21,23H,5-6,10-11,13H2,1-2H3,(H,33,36)(H,34,37)/t16?,17-,18+. The van der Waals surface area contributed by atoms with Gasteiger partial charge in [-0.15, -0.1) is 0 Å². The highest BCUT2D eigenvalue weighted by atomic mass is 35.5. The first-order valence-electron chi connectivity index (χ1n) is 12.3. The first kappa shape index (κ1) is 27.9. The molecule has 0 saturated carbocycles. The van der Waals surface area contributed by atoms with Gasteiger partial charge in [0.25, 0.3) is 24.7 Å². The van der Waals surface area contributed by atoms with E-state index < -0.39 is 36.8 Å². The van der Waals surface area contributed by atoms with Crippen molar-refractivity contribution in [3.05, 3.63) is 52.7 Å². The number of benzene rings is 1. The van der Waals surface area contributed by atoms with Gasteiger partial charge in [-0.2, -0.15) is 0 Å². The summed E-state index contributed by atoms with van der Waals surface area (Å²) in [6, 6.07) is 7.22. The molecule has 206 valence electrons. The van der Waals surface area contributed by atoms with Crippen molar-refractivity contribution in [2.75, 3.05) is 11.4 Å². The molecule has 2 amide bonds. The zero-order chi connectivity index (χ0) is 27.6. The highest BCUT2D eigenvalue weighted by Gasteiger charge is 2.43. The molecule has 2 N–H and O–H groups in total. The van der Waals surface area contributed by atoms with Crippen molar-refractivity contribution in [3.63, 3.8) is 0 Å². The Morgan fingerprint density at radius 3 is 2.39 bits per heavy atom. The Morgan fingerprint density at radius 2 is 1.82 bits per heavy atom. The van der Waals surface area contributed by atoms with E-state index in [-0.39, 0.29) is 40.0 Å². The molecule has 2 bridgehead atoms. The maximum Gasteiger partial charge on any atom is 0.267 e. The van der Waals surface area contributed by atoms with Gasteiger partial charge in [0.2, 0.25) is 0 Å². The minimum absolute atomic E-state index is 0.100. The van der Waals surface area contributed by atoms with E-state index in [0.717, 1.165) is 18.9 Å². The van der Waals surface area contributed by atoms with Crippen molar-refractivity contribution in [2.24, 2.45) is 0 Å². The third-order valence-electron chi connectivity index (χ3n) is 6.88. The predicted molar refractivity (Wildman–Crippen MR) is 134 cm³/mol. The predicted octanol–water partition coefficient (Wildman–Crippen LogP) is 5.14. The highest BCUT2D eigenvalue weighted by Crippen LogP contribution is 2.39. The normalized spacial score (nSPS) is 21.1. The van der Waals surface area contributed by atoms with Gasteiger partial charge < -0.3 is 20.3 Å². The molecule has 0 radical (unpaired) electrons. The SMILES string of the molecule is CC(C)(Oc1ccc(Cl)cc1C(F)F)C(=O)NC1C[C@H]2CC[C@@H](C1)N2c1ccc(C(=O)NCC(F)F)cn1. The van der Waals surface area contributed by atoms with Gasteiger partial charge in [-0.3, -0.25) is 9.59 Å². The fourth-order valence-corrected chi connectivity index (χ4v) is 5.26. The summed E-state index contributed by atoms with van der Waals surface area (Å²) in [5, 5.41) is 5.32. The Bertz CT molecular complexity index is 1150. The van der Waals surface area contributed by atoms with E-state index in [0.29, 0.717) is 18.7 Å². The van der Waals surface area contributed by atoms with Gasteiger partial charge in [-0.25, -0.2) is 22.5 Å². The summed E-state index contributed by atoms with van der Waals surface area (Å²) in [7, 11) is 0. The molecule has 38 heavy (non-hydrogen) atoms. The monoisotopic (exact) mass is 556 g/mol. The van der Waals surface area contributed by atoms with Crippen LogP contribution in [0, 0.1) is 0 Å². The maximum absolute atomic E-state index is 13.5. The average Bonchev–Trinajstić information content (AvgIpc) is 3.13. The van der Waals surface area contributed by atoms with Gasteiger partial charge in [0, 0.05) is 29.3 Å². The second-order valence-corrected chi connectivity index (χ2v) is 10.5. The quantitative estimate of drug-likeness (QED) is 0.418. The molecule has 2 fully saturated rings. The Labute approximate surface area is 222 Å². The van der Waals surface area contributed by atoms with E-state index in [1.54, 1.807) is 12.1 Å². The molecule has 2 aliphatic rings. The number of fused-ring (bicyclic) bond motifs is 2. The summed E-state index contributed by atoms with van der Waals surface area (Å²) in [5.41, 5.74) is -1.59. The smallest absolute Gasteiger partial charge is 0.267 e. The van der Waals surface area contributed by atoms with Crippen LogP contribution in [-0.2, 0) is 4.79 Å². The molecule has 2 saturated heterocycles. The number of hydrogen-bond acceptors (Lipinski definition) is 5. The summed E-state index contributed by atoms with van der Waals surface area (Å²) in [5.74, 6) is -0.448. The number of alkyl halides is 4. The van der Waals surface area contributed by atoms with Gasteiger partial charge in [0.15, 0.2) is 5.60 Å². The van der Waals surface area contributed by atoms with Crippen molar-refractivity contribution in [3.8, 4) is 5.75 Å². The lowest BCUT2D eigenvalue weighted by Gasteiger charge is -2.41. The lowest BCUT2D eigenvalue weighted by atomic mass is 9.96. The van der Waals surface area contributed by atoms with E-state index in [2.05, 4.69) is 20.5 Å². The zero-order valence-corrected chi connectivity index (χ0v) is 21.7. The molecule has 1 aromatic heterocycles. The van der Waals surface area contributed by atoms with Crippen LogP contribution in [-0.4, -0.2) is 53.5 Å². The van der Waals surface area contributed by atoms with Gasteiger partial charge in [0.05, 0.1) is 17.7 Å². The van der Waals surface area contributed by atoms with Gasteiger partial charge >= 0.3 is 0 Å². The van der Waals surface area contributed by atoms with Crippen LogP contribution >= 0.6 is 11.6 Å². The topological polar surface area (TPSA) is 83.6 Å². The minimum atomic E-state index is -2.81. The van der Waals surface area contributed by atoms with Gasteiger partial charge in [-0.05, 0) is 69.9 Å². The van der Waals surface area contributed by atoms with Crippen LogP contribution in [0.25, 0.3) is 0 Å². The number of aromatic nitrogens is 1. The molecule has 2 aliphatic heterocycles. The summed E-state index contributed by atoms with van der Waals surface area (Å²) in [4.78, 5) is 31.7. The largest absolute Gasteiger partial charge is 0.478 e. The first-order valence-corrected chi connectivity index (χ1v) is 12.7. The van der Waals surface area contributed by atoms with Crippen molar-refractivity contribution < 1.29 is 31.9 Å². The molecule has 2 aromatic rings. The molecule has 0 aliphatic carbocycles. The lowest BCUT2D eigenvalue weighted by Crippen LogP contribution is -2.55. The fraction of sp³-hybridized carbons (Fsp3) is 0.500. The van der Waals surface area contributed by atoms with Crippen LogP contribution < -0.4 is 20.3 Å². The Balaban J connectivity index is 1.37. The first-order chi connectivity index (χ1) is 17.9. The molecule has 0 spiro atoms. The lowest BCUT2D eigenvalue weighted by molar-refractivity contribution is -0.135. The number of halogens is 5. The molecule has 3 atom stereocenters. The molecule has 1 unspecified atom stereocenters. The number of pyridine rings is 1. The van der Waals surface area contributed by atoms with Crippen LogP contribution in [0.1, 0.15) is 61.9 Å². The second-order valence-electron chi connectivity index (χ2n) is 10.0. The van der Waals surface area contributed by atoms with E-state index >= 15 is 0 Å². The average molecular weight is 557 g/mol. The summed E-state index contributed by atoms with van der Waals surface area (Å²) in [6.45, 7) is 2.33. The maximum atomic E-state index is 13.5. The molecular formula is C26H29ClF4N4O3. The van der Waals surface area contributed by atoms with Crippen LogP contribution in [0.5, 0.6) is 5.75 Å². The molecular weight excluding hydrogens is 528 g/mol. The number of anilines is 1. The molecule has 4 rings (SSSR count). The van der Waals surface area contributed by atoms with Crippen LogP contribution in [0.2, 0.25) is 5.02 Å². The number of carbonyl (C=O) groups excluding carboxylic acids is 2. The fourth-order valence-electron chi connectivity index (χ4n) is 5.08. The summed E-state index contributed by atoms with van der Waals surface area (Å²) >= 11 is 5.84. The Hall–Kier alpha value is -3.08. The number of amides is 2. The Morgan fingerprint density at radius 1 is 1.13 bits per heavy atom. The van der Waals surface area contributed by atoms with Gasteiger partial charge in [-0.1, -0.05) is 11.6 Å².